The van der Waals surface area contributed by atoms with Crippen molar-refractivity contribution in [3.63, 3.8) is 0 Å². The van der Waals surface area contributed by atoms with Crippen molar-refractivity contribution in [2.75, 3.05) is 11.9 Å². The molecule has 4 bridgehead atoms. The monoisotopic (exact) mass is 418 g/mol. The normalized spacial score (nSPS) is 29.3. The van der Waals surface area contributed by atoms with Crippen molar-refractivity contribution in [2.45, 2.75) is 43.9 Å². The van der Waals surface area contributed by atoms with Crippen LogP contribution < -0.4 is 10.1 Å². The fraction of sp³-hybridized carbons (Fsp3) is 0.440. The highest BCUT2D eigenvalue weighted by Crippen LogP contribution is 2.60. The molecule has 4 saturated carbocycles. The summed E-state index contributed by atoms with van der Waals surface area (Å²) in [6.45, 7) is -0.0136. The van der Waals surface area contributed by atoms with Crippen LogP contribution in [0.2, 0.25) is 0 Å². The lowest BCUT2D eigenvalue weighted by atomic mass is 9.49. The van der Waals surface area contributed by atoms with Gasteiger partial charge < -0.3 is 4.74 Å². The number of carbonyl (C=O) groups excluding carboxylic acids is 1. The predicted octanol–water partition coefficient (Wildman–Crippen LogP) is 5.78. The number of fused-ring (bicyclic) bond motifs is 1. The molecule has 1 aromatic heterocycles. The standard InChI is InChI=1S/C25H26N2O2S/c28-23(14-29-21-7-3-5-19-4-1-2-6-20(19)21)27-24-26-22(15-30-24)25-11-16-8-17(12-25)10-18(9-16)13-25/h1-7,15-18H,8-14H2,(H,26,27,28). The van der Waals surface area contributed by atoms with Gasteiger partial charge in [0.1, 0.15) is 5.75 Å². The van der Waals surface area contributed by atoms with Gasteiger partial charge in [0.2, 0.25) is 0 Å². The van der Waals surface area contributed by atoms with E-state index in [1.165, 1.54) is 44.2 Å². The molecule has 4 fully saturated rings. The number of benzene rings is 2. The molecule has 4 nitrogen and oxygen atoms in total. The van der Waals surface area contributed by atoms with E-state index in [-0.39, 0.29) is 17.9 Å². The first-order valence-electron chi connectivity index (χ1n) is 11.0. The fourth-order valence-corrected chi connectivity index (χ4v) is 7.47. The molecule has 1 heterocycles. The molecule has 4 aliphatic carbocycles. The first kappa shape index (κ1) is 18.4. The molecular formula is C25H26N2O2S. The zero-order valence-corrected chi connectivity index (χ0v) is 17.8. The van der Waals surface area contributed by atoms with E-state index in [4.69, 9.17) is 9.72 Å². The Bertz CT molecular complexity index is 1060. The summed E-state index contributed by atoms with van der Waals surface area (Å²) in [5.41, 5.74) is 1.49. The minimum absolute atomic E-state index is 0.0136. The van der Waals surface area contributed by atoms with Crippen LogP contribution in [-0.2, 0) is 10.2 Å². The van der Waals surface area contributed by atoms with Crippen molar-refractivity contribution in [1.82, 2.24) is 4.98 Å². The minimum atomic E-state index is -0.158. The van der Waals surface area contributed by atoms with Gasteiger partial charge in [-0.05, 0) is 67.7 Å². The van der Waals surface area contributed by atoms with Crippen molar-refractivity contribution in [2.24, 2.45) is 17.8 Å². The number of hydrogen-bond donors (Lipinski definition) is 1. The van der Waals surface area contributed by atoms with E-state index in [2.05, 4.69) is 10.7 Å². The number of amides is 1. The molecule has 154 valence electrons. The summed E-state index contributed by atoms with van der Waals surface area (Å²) in [4.78, 5) is 17.4. The summed E-state index contributed by atoms with van der Waals surface area (Å²) >= 11 is 1.55. The third-order valence-corrected chi connectivity index (χ3v) is 8.20. The van der Waals surface area contributed by atoms with Gasteiger partial charge >= 0.3 is 0 Å². The maximum atomic E-state index is 12.5. The Morgan fingerprint density at radius 1 is 1.03 bits per heavy atom. The Hall–Kier alpha value is -2.40. The molecule has 1 N–H and O–H groups in total. The van der Waals surface area contributed by atoms with E-state index >= 15 is 0 Å². The summed E-state index contributed by atoms with van der Waals surface area (Å²) in [6.07, 6.45) is 8.16. The number of nitrogens with zero attached hydrogens (tertiary/aromatic N) is 1. The Labute approximate surface area is 180 Å². The molecular weight excluding hydrogens is 392 g/mol. The highest BCUT2D eigenvalue weighted by Gasteiger charge is 2.52. The number of carbonyl (C=O) groups is 1. The van der Waals surface area contributed by atoms with Crippen LogP contribution in [0.4, 0.5) is 5.13 Å². The van der Waals surface area contributed by atoms with Crippen LogP contribution in [-0.4, -0.2) is 17.5 Å². The van der Waals surface area contributed by atoms with E-state index in [9.17, 15) is 4.79 Å². The zero-order chi connectivity index (χ0) is 20.1. The van der Waals surface area contributed by atoms with Gasteiger partial charge in [-0.1, -0.05) is 36.4 Å². The molecule has 30 heavy (non-hydrogen) atoms. The van der Waals surface area contributed by atoms with E-state index in [1.54, 1.807) is 11.3 Å². The van der Waals surface area contributed by atoms with Crippen LogP contribution in [0.3, 0.4) is 0 Å². The molecule has 0 aliphatic heterocycles. The second-order valence-electron chi connectivity index (χ2n) is 9.55. The molecule has 7 rings (SSSR count). The smallest absolute Gasteiger partial charge is 0.264 e. The van der Waals surface area contributed by atoms with Gasteiger partial charge in [-0.15, -0.1) is 11.3 Å². The van der Waals surface area contributed by atoms with Gasteiger partial charge in [-0.3, -0.25) is 10.1 Å². The van der Waals surface area contributed by atoms with Gasteiger partial charge in [0.15, 0.2) is 11.7 Å². The summed E-state index contributed by atoms with van der Waals surface area (Å²) in [6, 6.07) is 14.0. The summed E-state index contributed by atoms with van der Waals surface area (Å²) < 4.78 is 5.83. The molecule has 0 radical (unpaired) electrons. The van der Waals surface area contributed by atoms with Crippen molar-refractivity contribution < 1.29 is 9.53 Å². The van der Waals surface area contributed by atoms with Crippen LogP contribution in [0.25, 0.3) is 10.8 Å². The van der Waals surface area contributed by atoms with Gasteiger partial charge in [0.25, 0.3) is 5.91 Å². The van der Waals surface area contributed by atoms with E-state index in [0.717, 1.165) is 34.3 Å². The van der Waals surface area contributed by atoms with Gasteiger partial charge in [0, 0.05) is 16.2 Å². The second kappa shape index (κ2) is 7.09. The molecule has 3 aromatic rings. The lowest BCUT2D eigenvalue weighted by Gasteiger charge is -2.56. The number of thiazole rings is 1. The molecule has 5 heteroatoms. The number of ether oxygens (including phenoxy) is 1. The zero-order valence-electron chi connectivity index (χ0n) is 17.0. The van der Waals surface area contributed by atoms with Crippen LogP contribution in [0.1, 0.15) is 44.2 Å². The Morgan fingerprint density at radius 2 is 1.73 bits per heavy atom. The lowest BCUT2D eigenvalue weighted by Crippen LogP contribution is -2.48. The van der Waals surface area contributed by atoms with Crippen LogP contribution in [0.15, 0.2) is 47.8 Å². The summed E-state index contributed by atoms with van der Waals surface area (Å²) in [5, 5.41) is 7.97. The van der Waals surface area contributed by atoms with Gasteiger partial charge in [0.05, 0.1) is 5.69 Å². The Balaban J connectivity index is 1.13. The largest absolute Gasteiger partial charge is 0.483 e. The topological polar surface area (TPSA) is 51.2 Å². The van der Waals surface area contributed by atoms with Crippen molar-refractivity contribution in [3.05, 3.63) is 53.5 Å². The third kappa shape index (κ3) is 3.20. The third-order valence-electron chi connectivity index (χ3n) is 7.44. The van der Waals surface area contributed by atoms with E-state index in [1.807, 2.05) is 42.5 Å². The molecule has 4 aliphatic rings. The average molecular weight is 419 g/mol. The maximum absolute atomic E-state index is 12.5. The SMILES string of the molecule is O=C(COc1cccc2ccccc12)Nc1nc(C23CC4CC(CC(C4)C2)C3)cs1. The van der Waals surface area contributed by atoms with Crippen LogP contribution in [0, 0.1) is 17.8 Å². The molecule has 0 saturated heterocycles. The molecule has 0 spiro atoms. The molecule has 0 unspecified atom stereocenters. The highest BCUT2D eigenvalue weighted by atomic mass is 32.1. The minimum Gasteiger partial charge on any atom is -0.483 e. The number of aromatic nitrogens is 1. The second-order valence-corrected chi connectivity index (χ2v) is 10.4. The first-order valence-corrected chi connectivity index (χ1v) is 11.9. The Kier molecular flexibility index (Phi) is 4.34. The van der Waals surface area contributed by atoms with E-state index in [0.29, 0.717) is 5.13 Å². The number of hydrogen-bond acceptors (Lipinski definition) is 4. The summed E-state index contributed by atoms with van der Waals surface area (Å²) in [5.74, 6) is 3.26. The molecule has 2 aromatic carbocycles. The van der Waals surface area contributed by atoms with Crippen molar-refractivity contribution in [1.29, 1.82) is 0 Å². The maximum Gasteiger partial charge on any atom is 0.264 e. The predicted molar refractivity (Wildman–Crippen MR) is 120 cm³/mol. The van der Waals surface area contributed by atoms with Crippen LogP contribution in [0.5, 0.6) is 5.75 Å². The van der Waals surface area contributed by atoms with Crippen molar-refractivity contribution >= 4 is 33.1 Å². The average Bonchev–Trinajstić information content (AvgIpc) is 3.21. The highest BCUT2D eigenvalue weighted by molar-refractivity contribution is 7.14. The van der Waals surface area contributed by atoms with E-state index < -0.39 is 0 Å². The van der Waals surface area contributed by atoms with Gasteiger partial charge in [-0.25, -0.2) is 4.98 Å². The fourth-order valence-electron chi connectivity index (χ4n) is 6.62. The van der Waals surface area contributed by atoms with Crippen LogP contribution >= 0.6 is 11.3 Å². The molecule has 1 amide bonds. The Morgan fingerprint density at radius 3 is 2.50 bits per heavy atom. The number of nitrogens with one attached hydrogen (secondary N) is 1. The first-order chi connectivity index (χ1) is 14.7. The quantitative estimate of drug-likeness (QED) is 0.571. The van der Waals surface area contributed by atoms with Crippen molar-refractivity contribution in [3.8, 4) is 5.75 Å². The number of anilines is 1. The lowest BCUT2D eigenvalue weighted by molar-refractivity contribution is -0.118. The number of rotatable bonds is 5. The van der Waals surface area contributed by atoms with Gasteiger partial charge in [-0.2, -0.15) is 0 Å². The molecule has 0 atom stereocenters. The summed E-state index contributed by atoms with van der Waals surface area (Å²) in [7, 11) is 0.